The van der Waals surface area contributed by atoms with E-state index in [1.165, 1.54) is 0 Å². The van der Waals surface area contributed by atoms with Gasteiger partial charge in [-0.1, -0.05) is 40.5 Å². The fourth-order valence-corrected chi connectivity index (χ4v) is 3.51. The van der Waals surface area contributed by atoms with Gasteiger partial charge in [0.2, 0.25) is 17.7 Å². The van der Waals surface area contributed by atoms with E-state index in [4.69, 9.17) is 17.2 Å². The van der Waals surface area contributed by atoms with Crippen LogP contribution in [0.15, 0.2) is 0 Å². The van der Waals surface area contributed by atoms with E-state index in [-0.39, 0.29) is 24.7 Å². The molecule has 0 saturated heterocycles. The average molecular weight is 501 g/mol. The first-order chi connectivity index (χ1) is 16.5. The van der Waals surface area contributed by atoms with E-state index in [0.29, 0.717) is 51.6 Å². The fraction of sp³-hybridized carbons (Fsp3) is 0.833. The summed E-state index contributed by atoms with van der Waals surface area (Å²) in [4.78, 5) is 50.5. The Hall–Kier alpha value is -2.24. The molecule has 0 heterocycles. The van der Waals surface area contributed by atoms with Gasteiger partial charge in [-0.2, -0.15) is 0 Å². The summed E-state index contributed by atoms with van der Waals surface area (Å²) in [5.41, 5.74) is 17.1. The van der Waals surface area contributed by atoms with Crippen LogP contribution in [-0.4, -0.2) is 66.1 Å². The number of amides is 3. The molecule has 6 unspecified atom stereocenters. The van der Waals surface area contributed by atoms with E-state index in [2.05, 4.69) is 16.0 Å². The van der Waals surface area contributed by atoms with Crippen molar-refractivity contribution in [1.82, 2.24) is 16.0 Å². The first kappa shape index (κ1) is 32.8. The Balaban J connectivity index is 5.55. The van der Waals surface area contributed by atoms with E-state index in [0.717, 1.165) is 0 Å². The molecule has 35 heavy (non-hydrogen) atoms. The summed E-state index contributed by atoms with van der Waals surface area (Å²) in [6.45, 7) is 8.39. The zero-order valence-corrected chi connectivity index (χ0v) is 21.8. The predicted octanol–water partition coefficient (Wildman–Crippen LogP) is 0.203. The maximum Gasteiger partial charge on any atom is 0.326 e. The van der Waals surface area contributed by atoms with Crippen LogP contribution in [0.5, 0.6) is 0 Å². The van der Waals surface area contributed by atoms with Gasteiger partial charge in [0.05, 0.1) is 6.04 Å². The summed E-state index contributed by atoms with van der Waals surface area (Å²) >= 11 is 0. The molecule has 0 fully saturated rings. The highest BCUT2D eigenvalue weighted by Gasteiger charge is 2.32. The molecule has 0 saturated carbocycles. The third kappa shape index (κ3) is 12.3. The second-order valence-corrected chi connectivity index (χ2v) is 9.31. The van der Waals surface area contributed by atoms with E-state index in [1.807, 2.05) is 27.7 Å². The minimum Gasteiger partial charge on any atom is -0.480 e. The number of carboxylic acid groups (broad SMARTS) is 1. The Morgan fingerprint density at radius 3 is 1.66 bits per heavy atom. The SMILES string of the molecule is CCC(C)C(N)C(=O)NC(C(=O)NC(CCCCN)C(=O)NC(CCCCN)C(=O)O)C(C)CC. The summed E-state index contributed by atoms with van der Waals surface area (Å²) in [6.07, 6.45) is 4.27. The van der Waals surface area contributed by atoms with Crippen LogP contribution in [0.3, 0.4) is 0 Å². The number of carbonyl (C=O) groups excluding carboxylic acids is 3. The van der Waals surface area contributed by atoms with Crippen molar-refractivity contribution in [2.75, 3.05) is 13.1 Å². The smallest absolute Gasteiger partial charge is 0.326 e. The largest absolute Gasteiger partial charge is 0.480 e. The normalized spacial score (nSPS) is 16.3. The number of unbranched alkanes of at least 4 members (excludes halogenated alkanes) is 2. The highest BCUT2D eigenvalue weighted by Crippen LogP contribution is 2.12. The number of nitrogens with one attached hydrogen (secondary N) is 3. The number of hydrogen-bond donors (Lipinski definition) is 7. The Labute approximate surface area is 209 Å². The van der Waals surface area contributed by atoms with Crippen molar-refractivity contribution in [2.45, 2.75) is 103 Å². The van der Waals surface area contributed by atoms with Crippen LogP contribution in [-0.2, 0) is 19.2 Å². The van der Waals surface area contributed by atoms with Crippen molar-refractivity contribution in [3.63, 3.8) is 0 Å². The molecule has 3 amide bonds. The van der Waals surface area contributed by atoms with Crippen LogP contribution in [0.1, 0.15) is 79.1 Å². The van der Waals surface area contributed by atoms with Gasteiger partial charge in [-0.3, -0.25) is 14.4 Å². The highest BCUT2D eigenvalue weighted by molar-refractivity contribution is 5.94. The minimum absolute atomic E-state index is 0.0577. The lowest BCUT2D eigenvalue weighted by Crippen LogP contribution is -2.59. The number of rotatable bonds is 19. The molecule has 204 valence electrons. The zero-order chi connectivity index (χ0) is 27.0. The van der Waals surface area contributed by atoms with Gasteiger partial charge in [0.1, 0.15) is 18.1 Å². The van der Waals surface area contributed by atoms with Gasteiger partial charge in [0.25, 0.3) is 0 Å². The topological polar surface area (TPSA) is 203 Å². The first-order valence-corrected chi connectivity index (χ1v) is 12.8. The zero-order valence-electron chi connectivity index (χ0n) is 21.8. The number of nitrogens with two attached hydrogens (primary N) is 3. The summed E-state index contributed by atoms with van der Waals surface area (Å²) in [5.74, 6) is -2.93. The summed E-state index contributed by atoms with van der Waals surface area (Å²) in [7, 11) is 0. The summed E-state index contributed by atoms with van der Waals surface area (Å²) in [6, 6.07) is -3.68. The van der Waals surface area contributed by atoms with Crippen LogP contribution in [0.25, 0.3) is 0 Å². The molecular weight excluding hydrogens is 452 g/mol. The molecular formula is C24H48N6O5. The van der Waals surface area contributed by atoms with Crippen molar-refractivity contribution in [3.05, 3.63) is 0 Å². The molecule has 6 atom stereocenters. The molecule has 0 rings (SSSR count). The predicted molar refractivity (Wildman–Crippen MR) is 136 cm³/mol. The molecule has 11 nitrogen and oxygen atoms in total. The number of hydrogen-bond acceptors (Lipinski definition) is 7. The Kier molecular flexibility index (Phi) is 16.9. The van der Waals surface area contributed by atoms with Crippen molar-refractivity contribution in [2.24, 2.45) is 29.0 Å². The summed E-state index contributed by atoms with van der Waals surface area (Å²) in [5, 5.41) is 17.5. The van der Waals surface area contributed by atoms with Crippen molar-refractivity contribution in [1.29, 1.82) is 0 Å². The third-order valence-electron chi connectivity index (χ3n) is 6.49. The molecule has 0 aliphatic heterocycles. The van der Waals surface area contributed by atoms with Crippen LogP contribution >= 0.6 is 0 Å². The van der Waals surface area contributed by atoms with Gasteiger partial charge < -0.3 is 38.3 Å². The minimum atomic E-state index is -1.15. The second kappa shape index (κ2) is 18.1. The second-order valence-electron chi connectivity index (χ2n) is 9.31. The molecule has 0 bridgehead atoms. The average Bonchev–Trinajstić information content (AvgIpc) is 2.84. The van der Waals surface area contributed by atoms with Crippen LogP contribution in [0.4, 0.5) is 0 Å². The number of carboxylic acids is 1. The maximum absolute atomic E-state index is 13.2. The molecule has 0 aromatic heterocycles. The van der Waals surface area contributed by atoms with E-state index in [9.17, 15) is 24.3 Å². The van der Waals surface area contributed by atoms with Crippen molar-refractivity contribution in [3.8, 4) is 0 Å². The standard InChI is InChI=1S/C24H48N6O5/c1-5-15(3)19(27)22(32)30-20(16(4)6-2)23(33)28-17(11-7-9-13-25)21(31)29-18(24(34)35)12-8-10-14-26/h15-20H,5-14,25-27H2,1-4H3,(H,28,33)(H,29,31)(H,30,32)(H,34,35). The molecule has 0 aliphatic rings. The van der Waals surface area contributed by atoms with Gasteiger partial charge in [-0.25, -0.2) is 4.79 Å². The van der Waals surface area contributed by atoms with Gasteiger partial charge >= 0.3 is 5.97 Å². The molecule has 10 N–H and O–H groups in total. The van der Waals surface area contributed by atoms with Gasteiger partial charge in [0, 0.05) is 0 Å². The summed E-state index contributed by atoms with van der Waals surface area (Å²) < 4.78 is 0. The van der Waals surface area contributed by atoms with Crippen LogP contribution < -0.4 is 33.2 Å². The fourth-order valence-electron chi connectivity index (χ4n) is 3.51. The Morgan fingerprint density at radius 1 is 0.714 bits per heavy atom. The Morgan fingerprint density at radius 2 is 1.20 bits per heavy atom. The lowest BCUT2D eigenvalue weighted by atomic mass is 9.95. The maximum atomic E-state index is 13.2. The van der Waals surface area contributed by atoms with Crippen molar-refractivity contribution < 1.29 is 24.3 Å². The molecule has 0 aliphatic carbocycles. The van der Waals surface area contributed by atoms with Gasteiger partial charge in [0.15, 0.2) is 0 Å². The Bertz CT molecular complexity index is 662. The number of aliphatic carboxylic acids is 1. The van der Waals surface area contributed by atoms with E-state index >= 15 is 0 Å². The first-order valence-electron chi connectivity index (χ1n) is 12.8. The lowest BCUT2D eigenvalue weighted by Gasteiger charge is -2.29. The highest BCUT2D eigenvalue weighted by atomic mass is 16.4. The van der Waals surface area contributed by atoms with E-state index < -0.39 is 47.9 Å². The van der Waals surface area contributed by atoms with Crippen molar-refractivity contribution >= 4 is 23.7 Å². The van der Waals surface area contributed by atoms with Gasteiger partial charge in [-0.05, 0) is 63.5 Å². The van der Waals surface area contributed by atoms with Gasteiger partial charge in [-0.15, -0.1) is 0 Å². The molecule has 11 heteroatoms. The molecule has 0 aromatic rings. The van der Waals surface area contributed by atoms with Crippen LogP contribution in [0.2, 0.25) is 0 Å². The number of carbonyl (C=O) groups is 4. The third-order valence-corrected chi connectivity index (χ3v) is 6.49. The molecule has 0 aromatic carbocycles. The lowest BCUT2D eigenvalue weighted by molar-refractivity contribution is -0.142. The van der Waals surface area contributed by atoms with E-state index in [1.54, 1.807) is 0 Å². The quantitative estimate of drug-likeness (QED) is 0.122. The molecule has 0 spiro atoms. The van der Waals surface area contributed by atoms with Crippen LogP contribution in [0, 0.1) is 11.8 Å². The monoisotopic (exact) mass is 500 g/mol. The molecule has 0 radical (unpaired) electrons.